The first-order chi connectivity index (χ1) is 11.0. The predicted molar refractivity (Wildman–Crippen MR) is 95.8 cm³/mol. The van der Waals surface area contributed by atoms with Crippen LogP contribution in [0.5, 0.6) is 0 Å². The number of halogens is 2. The van der Waals surface area contributed by atoms with Crippen molar-refractivity contribution >= 4 is 29.1 Å². The maximum atomic E-state index is 12.2. The Labute approximate surface area is 147 Å². The molecule has 1 unspecified atom stereocenters. The molecule has 5 heteroatoms. The van der Waals surface area contributed by atoms with E-state index >= 15 is 0 Å². The van der Waals surface area contributed by atoms with E-state index in [4.69, 9.17) is 23.2 Å². The lowest BCUT2D eigenvalue weighted by atomic mass is 10.1. The lowest BCUT2D eigenvalue weighted by Gasteiger charge is -2.20. The molecule has 2 aromatic rings. The van der Waals surface area contributed by atoms with E-state index in [2.05, 4.69) is 5.32 Å². The SMILES string of the molecule is CC(NC(=O)CN(C)Cc1cccc(Cl)c1Cl)c1ccccc1. The number of benzene rings is 2. The van der Waals surface area contributed by atoms with Crippen molar-refractivity contribution in [1.29, 1.82) is 0 Å². The lowest BCUT2D eigenvalue weighted by Crippen LogP contribution is -2.36. The minimum Gasteiger partial charge on any atom is -0.348 e. The Morgan fingerprint density at radius 2 is 1.83 bits per heavy atom. The Kier molecular flexibility index (Phi) is 6.46. The number of nitrogens with one attached hydrogen (secondary N) is 1. The van der Waals surface area contributed by atoms with Crippen LogP contribution in [0.15, 0.2) is 48.5 Å². The molecule has 23 heavy (non-hydrogen) atoms. The monoisotopic (exact) mass is 350 g/mol. The summed E-state index contributed by atoms with van der Waals surface area (Å²) in [5.41, 5.74) is 1.99. The van der Waals surface area contributed by atoms with Gasteiger partial charge in [-0.2, -0.15) is 0 Å². The molecule has 0 aromatic heterocycles. The van der Waals surface area contributed by atoms with Gasteiger partial charge in [0, 0.05) is 6.54 Å². The van der Waals surface area contributed by atoms with Gasteiger partial charge in [0.2, 0.25) is 5.91 Å². The molecule has 0 bridgehead atoms. The first-order valence-electron chi connectivity index (χ1n) is 7.43. The van der Waals surface area contributed by atoms with Crippen LogP contribution < -0.4 is 5.32 Å². The van der Waals surface area contributed by atoms with Crippen LogP contribution >= 0.6 is 23.2 Å². The highest BCUT2D eigenvalue weighted by Gasteiger charge is 2.13. The number of amides is 1. The van der Waals surface area contributed by atoms with Crippen LogP contribution in [0.3, 0.4) is 0 Å². The highest BCUT2D eigenvalue weighted by molar-refractivity contribution is 6.42. The average Bonchev–Trinajstić information content (AvgIpc) is 2.52. The molecular formula is C18H20Cl2N2O. The molecule has 122 valence electrons. The molecule has 3 nitrogen and oxygen atoms in total. The zero-order chi connectivity index (χ0) is 16.8. The summed E-state index contributed by atoms with van der Waals surface area (Å²) in [6, 6.07) is 15.4. The van der Waals surface area contributed by atoms with Gasteiger partial charge in [0.25, 0.3) is 0 Å². The minimum absolute atomic E-state index is 0.0214. The van der Waals surface area contributed by atoms with E-state index in [1.807, 2.05) is 61.3 Å². The fourth-order valence-electron chi connectivity index (χ4n) is 2.37. The van der Waals surface area contributed by atoms with Crippen LogP contribution in [0.2, 0.25) is 10.0 Å². The molecule has 0 saturated heterocycles. The van der Waals surface area contributed by atoms with Gasteiger partial charge in [0.15, 0.2) is 0 Å². The number of likely N-dealkylation sites (N-methyl/N-ethyl adjacent to an activating group) is 1. The van der Waals surface area contributed by atoms with Gasteiger partial charge in [-0.15, -0.1) is 0 Å². The average molecular weight is 351 g/mol. The van der Waals surface area contributed by atoms with E-state index in [9.17, 15) is 4.79 Å². The number of carbonyl (C=O) groups excluding carboxylic acids is 1. The van der Waals surface area contributed by atoms with Crippen molar-refractivity contribution < 1.29 is 4.79 Å². The Morgan fingerprint density at radius 3 is 2.52 bits per heavy atom. The van der Waals surface area contributed by atoms with Crippen LogP contribution in [0.25, 0.3) is 0 Å². The molecule has 2 aromatic carbocycles. The normalized spacial score (nSPS) is 12.2. The maximum absolute atomic E-state index is 12.2. The molecule has 2 rings (SSSR count). The molecule has 0 spiro atoms. The zero-order valence-electron chi connectivity index (χ0n) is 13.2. The topological polar surface area (TPSA) is 32.3 Å². The summed E-state index contributed by atoms with van der Waals surface area (Å²) >= 11 is 12.2. The number of nitrogens with zero attached hydrogens (tertiary/aromatic N) is 1. The van der Waals surface area contributed by atoms with Crippen LogP contribution in [0, 0.1) is 0 Å². The molecule has 0 aliphatic rings. The Bertz CT molecular complexity index is 661. The Balaban J connectivity index is 1.88. The van der Waals surface area contributed by atoms with Crippen molar-refractivity contribution in [3.8, 4) is 0 Å². The van der Waals surface area contributed by atoms with Crippen LogP contribution in [-0.4, -0.2) is 24.4 Å². The van der Waals surface area contributed by atoms with E-state index in [1.165, 1.54) is 0 Å². The van der Waals surface area contributed by atoms with Gasteiger partial charge in [-0.3, -0.25) is 9.69 Å². The summed E-state index contributed by atoms with van der Waals surface area (Å²) < 4.78 is 0. The van der Waals surface area contributed by atoms with Gasteiger partial charge < -0.3 is 5.32 Å². The molecule has 0 aliphatic carbocycles. The quantitative estimate of drug-likeness (QED) is 0.842. The molecular weight excluding hydrogens is 331 g/mol. The number of hydrogen-bond donors (Lipinski definition) is 1. The van der Waals surface area contributed by atoms with E-state index in [0.29, 0.717) is 23.1 Å². The maximum Gasteiger partial charge on any atom is 0.234 e. The van der Waals surface area contributed by atoms with E-state index in [-0.39, 0.29) is 11.9 Å². The molecule has 0 fully saturated rings. The summed E-state index contributed by atoms with van der Waals surface area (Å²) in [5, 5.41) is 4.07. The lowest BCUT2D eigenvalue weighted by molar-refractivity contribution is -0.122. The third kappa shape index (κ3) is 5.24. The van der Waals surface area contributed by atoms with Gasteiger partial charge >= 0.3 is 0 Å². The number of hydrogen-bond acceptors (Lipinski definition) is 2. The van der Waals surface area contributed by atoms with E-state index in [1.54, 1.807) is 6.07 Å². The fourth-order valence-corrected chi connectivity index (χ4v) is 2.75. The van der Waals surface area contributed by atoms with Gasteiger partial charge in [-0.05, 0) is 31.2 Å². The molecule has 0 saturated carbocycles. The molecule has 1 N–H and O–H groups in total. The number of rotatable bonds is 6. The van der Waals surface area contributed by atoms with Crippen molar-refractivity contribution in [2.75, 3.05) is 13.6 Å². The summed E-state index contributed by atoms with van der Waals surface area (Å²) in [7, 11) is 1.88. The zero-order valence-corrected chi connectivity index (χ0v) is 14.7. The summed E-state index contributed by atoms with van der Waals surface area (Å²) in [6.07, 6.45) is 0. The Hall–Kier alpha value is -1.55. The minimum atomic E-state index is -0.0259. The van der Waals surface area contributed by atoms with Crippen LogP contribution in [0.1, 0.15) is 24.1 Å². The second kappa shape index (κ2) is 8.34. The fraction of sp³-hybridized carbons (Fsp3) is 0.278. The summed E-state index contributed by atoms with van der Waals surface area (Å²) in [4.78, 5) is 14.1. The predicted octanol–water partition coefficient (Wildman–Crippen LogP) is 4.30. The largest absolute Gasteiger partial charge is 0.348 e. The van der Waals surface area contributed by atoms with Crippen molar-refractivity contribution in [3.63, 3.8) is 0 Å². The summed E-state index contributed by atoms with van der Waals surface area (Å²) in [6.45, 7) is 2.83. The van der Waals surface area contributed by atoms with Gasteiger partial charge in [0.1, 0.15) is 0 Å². The van der Waals surface area contributed by atoms with Crippen molar-refractivity contribution in [3.05, 3.63) is 69.7 Å². The molecule has 0 aliphatic heterocycles. The summed E-state index contributed by atoms with van der Waals surface area (Å²) in [5.74, 6) is -0.0259. The molecule has 0 radical (unpaired) electrons. The van der Waals surface area contributed by atoms with Crippen LogP contribution in [-0.2, 0) is 11.3 Å². The molecule has 0 heterocycles. The van der Waals surface area contributed by atoms with Gasteiger partial charge in [0.05, 0.1) is 22.6 Å². The highest BCUT2D eigenvalue weighted by atomic mass is 35.5. The Morgan fingerprint density at radius 1 is 1.13 bits per heavy atom. The van der Waals surface area contributed by atoms with E-state index in [0.717, 1.165) is 11.1 Å². The third-order valence-corrected chi connectivity index (χ3v) is 4.42. The molecule has 1 atom stereocenters. The standard InChI is InChI=1S/C18H20Cl2N2O/c1-13(14-7-4-3-5-8-14)21-17(23)12-22(2)11-15-9-6-10-16(19)18(15)20/h3-10,13H,11-12H2,1-2H3,(H,21,23). The first kappa shape index (κ1) is 17.8. The highest BCUT2D eigenvalue weighted by Crippen LogP contribution is 2.26. The van der Waals surface area contributed by atoms with E-state index < -0.39 is 0 Å². The van der Waals surface area contributed by atoms with Gasteiger partial charge in [-0.1, -0.05) is 65.7 Å². The first-order valence-corrected chi connectivity index (χ1v) is 8.18. The smallest absolute Gasteiger partial charge is 0.234 e. The second-order valence-corrected chi connectivity index (χ2v) is 6.37. The third-order valence-electron chi connectivity index (χ3n) is 3.56. The van der Waals surface area contributed by atoms with Crippen molar-refractivity contribution in [1.82, 2.24) is 10.2 Å². The van der Waals surface area contributed by atoms with Crippen molar-refractivity contribution in [2.45, 2.75) is 19.5 Å². The molecule has 1 amide bonds. The van der Waals surface area contributed by atoms with Gasteiger partial charge in [-0.25, -0.2) is 0 Å². The van der Waals surface area contributed by atoms with Crippen molar-refractivity contribution in [2.24, 2.45) is 0 Å². The number of carbonyl (C=O) groups is 1. The van der Waals surface area contributed by atoms with Crippen LogP contribution in [0.4, 0.5) is 0 Å². The second-order valence-electron chi connectivity index (χ2n) is 5.59.